The molecule has 4 heteroatoms. The topological polar surface area (TPSA) is 13.0 Å². The third-order valence-electron chi connectivity index (χ3n) is 11.5. The van der Waals surface area contributed by atoms with Gasteiger partial charge in [0.1, 0.15) is 0 Å². The lowest BCUT2D eigenvalue weighted by Crippen LogP contribution is -2.45. The van der Waals surface area contributed by atoms with E-state index in [1.807, 2.05) is 0 Å². The maximum absolute atomic E-state index is 2.59. The Bertz CT molecular complexity index is 591. The first-order valence-corrected chi connectivity index (χ1v) is 15.3. The van der Waals surface area contributed by atoms with Gasteiger partial charge in [-0.2, -0.15) is 0 Å². The molecule has 7 aliphatic heterocycles. The average molecular weight is 537 g/mol. The summed E-state index contributed by atoms with van der Waals surface area (Å²) in [5.41, 5.74) is 0. The second-order valence-corrected chi connectivity index (χ2v) is 13.5. The molecule has 9 aliphatic rings. The molecular weight excluding hydrogens is 464 g/mol. The number of likely N-dealkylation sites (tertiary alicyclic amines) is 1. The zero-order valence-corrected chi connectivity index (χ0v) is 23.1. The van der Waals surface area contributed by atoms with Crippen LogP contribution in [0.1, 0.15) is 132 Å². The summed E-state index contributed by atoms with van der Waals surface area (Å²) in [5, 5.41) is 0. The van der Waals surface area contributed by atoms with Crippen molar-refractivity contribution < 1.29 is 0 Å². The molecule has 0 radical (unpaired) electrons. The molecule has 9 rings (SSSR count). The third-order valence-corrected chi connectivity index (χ3v) is 11.5. The van der Waals surface area contributed by atoms with E-state index in [9.17, 15) is 0 Å². The Kier molecular flexibility index (Phi) is 15.4. The second-order valence-electron chi connectivity index (χ2n) is 13.5. The van der Waals surface area contributed by atoms with Crippen molar-refractivity contribution in [2.24, 2.45) is 11.8 Å². The summed E-state index contributed by atoms with van der Waals surface area (Å²) in [7, 11) is 9.09. The van der Waals surface area contributed by atoms with E-state index < -0.39 is 0 Å². The third kappa shape index (κ3) is 8.43. The minimum atomic E-state index is 0. The van der Waals surface area contributed by atoms with E-state index in [1.165, 1.54) is 116 Å². The van der Waals surface area contributed by atoms with Crippen molar-refractivity contribution in [1.29, 1.82) is 0 Å². The standard InChI is InChI=1S/2C8H15N.2C7H13N.4CH4/c1-9-6-7-2-4-8(9)5-3-7;1-9-7-3-2-4-8(9)6-5-7;1-8-5-6-2-3-7(8)4-6;1-8-6-2-3-7(8)5-4-6;;;;/h2*7-8H,2-6H2,1H3;2*6-7H,2-5H2,1H3;4*1H4. The van der Waals surface area contributed by atoms with E-state index in [0.717, 1.165) is 48.1 Å². The van der Waals surface area contributed by atoms with E-state index in [4.69, 9.17) is 0 Å². The normalized spacial score (nSPS) is 40.1. The molecule has 38 heavy (non-hydrogen) atoms. The fourth-order valence-electron chi connectivity index (χ4n) is 9.04. The van der Waals surface area contributed by atoms with Gasteiger partial charge in [0, 0.05) is 49.3 Å². The highest BCUT2D eigenvalue weighted by atomic mass is 15.2. The molecule has 0 N–H and O–H groups in total. The summed E-state index contributed by atoms with van der Waals surface area (Å²) in [5.74, 6) is 2.13. The van der Waals surface area contributed by atoms with Crippen molar-refractivity contribution in [3.63, 3.8) is 0 Å². The molecule has 7 saturated heterocycles. The Morgan fingerprint density at radius 1 is 0.368 bits per heavy atom. The molecule has 0 amide bonds. The van der Waals surface area contributed by atoms with Crippen LogP contribution in [0.25, 0.3) is 0 Å². The minimum absolute atomic E-state index is 0. The Balaban J connectivity index is 0.000000245. The van der Waals surface area contributed by atoms with Crippen LogP contribution in [0.2, 0.25) is 0 Å². The molecule has 2 aliphatic carbocycles. The number of hydrogen-bond donors (Lipinski definition) is 0. The van der Waals surface area contributed by atoms with Gasteiger partial charge in [0.15, 0.2) is 0 Å². The van der Waals surface area contributed by atoms with Crippen LogP contribution < -0.4 is 0 Å². The number of piperidine rings is 4. The smallest absolute Gasteiger partial charge is 0.00963 e. The second kappa shape index (κ2) is 16.3. The molecule has 8 bridgehead atoms. The van der Waals surface area contributed by atoms with Gasteiger partial charge in [0.05, 0.1) is 0 Å². The summed E-state index contributed by atoms with van der Waals surface area (Å²) in [6.45, 7) is 2.76. The first-order chi connectivity index (χ1) is 16.5. The Hall–Kier alpha value is -0.160. The summed E-state index contributed by atoms with van der Waals surface area (Å²) in [4.78, 5) is 10.2. The quantitative estimate of drug-likeness (QED) is 0.311. The predicted octanol–water partition coefficient (Wildman–Crippen LogP) is 8.01. The Morgan fingerprint density at radius 3 is 0.921 bits per heavy atom. The van der Waals surface area contributed by atoms with Gasteiger partial charge in [-0.3, -0.25) is 0 Å². The summed E-state index contributed by atoms with van der Waals surface area (Å²) < 4.78 is 0. The first-order valence-electron chi connectivity index (χ1n) is 15.3. The fourth-order valence-corrected chi connectivity index (χ4v) is 9.04. The van der Waals surface area contributed by atoms with Crippen LogP contribution in [0.15, 0.2) is 0 Å². The van der Waals surface area contributed by atoms with E-state index in [-0.39, 0.29) is 29.7 Å². The van der Waals surface area contributed by atoms with Crippen LogP contribution in [0.4, 0.5) is 0 Å². The van der Waals surface area contributed by atoms with Gasteiger partial charge < -0.3 is 19.6 Å². The molecule has 2 saturated carbocycles. The lowest BCUT2D eigenvalue weighted by molar-refractivity contribution is 0.0727. The molecule has 7 heterocycles. The lowest BCUT2D eigenvalue weighted by atomic mass is 9.80. The molecule has 0 aromatic heterocycles. The summed E-state index contributed by atoms with van der Waals surface area (Å²) in [6, 6.07) is 5.79. The number of fused-ring (bicyclic) bond motifs is 9. The molecule has 0 aromatic carbocycles. The number of nitrogens with zero attached hydrogens (tertiary/aromatic N) is 4. The molecule has 0 aromatic rings. The van der Waals surface area contributed by atoms with Gasteiger partial charge in [0.25, 0.3) is 0 Å². The van der Waals surface area contributed by atoms with Crippen LogP contribution in [-0.2, 0) is 0 Å². The molecule has 228 valence electrons. The largest absolute Gasteiger partial charge is 0.303 e. The highest BCUT2D eigenvalue weighted by Crippen LogP contribution is 2.37. The zero-order valence-electron chi connectivity index (χ0n) is 23.1. The maximum Gasteiger partial charge on any atom is 0.00963 e. The van der Waals surface area contributed by atoms with E-state index in [1.54, 1.807) is 0 Å². The molecule has 9 fully saturated rings. The zero-order chi connectivity index (χ0) is 23.7. The van der Waals surface area contributed by atoms with E-state index in [0.29, 0.717) is 0 Å². The number of hydrogen-bond acceptors (Lipinski definition) is 4. The molecule has 4 unspecified atom stereocenters. The van der Waals surface area contributed by atoms with Crippen molar-refractivity contribution in [2.45, 2.75) is 169 Å². The Morgan fingerprint density at radius 2 is 0.711 bits per heavy atom. The number of rotatable bonds is 0. The Labute approximate surface area is 241 Å². The SMILES string of the molecule is C.C.C.C.CN1C2CCC1CC2.CN1C2CCCC1CC2.CN1CC2CCC1C2.CN1CC2CCC1CC2. The van der Waals surface area contributed by atoms with Crippen LogP contribution in [-0.4, -0.2) is 97.1 Å². The minimum Gasteiger partial charge on any atom is -0.303 e. The highest BCUT2D eigenvalue weighted by Gasteiger charge is 2.36. The molecule has 0 spiro atoms. The van der Waals surface area contributed by atoms with Gasteiger partial charge in [0.2, 0.25) is 0 Å². The van der Waals surface area contributed by atoms with Crippen LogP contribution in [0.5, 0.6) is 0 Å². The monoisotopic (exact) mass is 537 g/mol. The van der Waals surface area contributed by atoms with Gasteiger partial charge in [-0.1, -0.05) is 36.1 Å². The average Bonchev–Trinajstić information content (AvgIpc) is 3.66. The van der Waals surface area contributed by atoms with E-state index >= 15 is 0 Å². The van der Waals surface area contributed by atoms with Crippen molar-refractivity contribution in [1.82, 2.24) is 19.6 Å². The van der Waals surface area contributed by atoms with Crippen molar-refractivity contribution >= 4 is 0 Å². The van der Waals surface area contributed by atoms with Gasteiger partial charge >= 0.3 is 0 Å². The highest BCUT2D eigenvalue weighted by molar-refractivity contribution is 4.93. The fraction of sp³-hybridized carbons (Fsp3) is 1.00. The van der Waals surface area contributed by atoms with Gasteiger partial charge in [-0.25, -0.2) is 0 Å². The van der Waals surface area contributed by atoms with Crippen LogP contribution >= 0.6 is 0 Å². The molecular formula is C34H72N4. The maximum atomic E-state index is 2.59. The van der Waals surface area contributed by atoms with Crippen LogP contribution in [0.3, 0.4) is 0 Å². The van der Waals surface area contributed by atoms with Crippen molar-refractivity contribution in [3.05, 3.63) is 0 Å². The van der Waals surface area contributed by atoms with Crippen molar-refractivity contribution in [3.8, 4) is 0 Å². The van der Waals surface area contributed by atoms with E-state index in [2.05, 4.69) is 47.8 Å². The van der Waals surface area contributed by atoms with Crippen LogP contribution in [0, 0.1) is 11.8 Å². The first kappa shape index (κ1) is 35.9. The molecule has 4 nitrogen and oxygen atoms in total. The van der Waals surface area contributed by atoms with Gasteiger partial charge in [-0.15, -0.1) is 0 Å². The predicted molar refractivity (Wildman–Crippen MR) is 171 cm³/mol. The summed E-state index contributed by atoms with van der Waals surface area (Å²) >= 11 is 0. The lowest BCUT2D eigenvalue weighted by Gasteiger charge is -2.43. The van der Waals surface area contributed by atoms with Crippen molar-refractivity contribution in [2.75, 3.05) is 41.3 Å². The summed E-state index contributed by atoms with van der Waals surface area (Å²) in [6.07, 6.45) is 23.7. The molecule has 4 atom stereocenters. The van der Waals surface area contributed by atoms with Gasteiger partial charge in [-0.05, 0) is 136 Å².